The van der Waals surface area contributed by atoms with Crippen LogP contribution < -0.4 is 10.1 Å². The normalized spacial score (nSPS) is 12.6. The molecule has 0 spiro atoms. The number of benzene rings is 1. The number of alkyl halides is 3. The molecule has 1 aromatic carbocycles. The molecule has 5 nitrogen and oxygen atoms in total. The van der Waals surface area contributed by atoms with Gasteiger partial charge in [0.05, 0.1) is 19.6 Å². The van der Waals surface area contributed by atoms with Crippen LogP contribution in [0.4, 0.5) is 13.2 Å². The zero-order valence-corrected chi connectivity index (χ0v) is 10.4. The molecule has 0 aliphatic heterocycles. The molecule has 0 heterocycles. The Hall–Kier alpha value is -2.25. The number of carboxylic acid groups (broad SMARTS) is 1. The lowest BCUT2D eigenvalue weighted by Crippen LogP contribution is -2.39. The van der Waals surface area contributed by atoms with Gasteiger partial charge in [0.15, 0.2) is 0 Å². The van der Waals surface area contributed by atoms with E-state index >= 15 is 0 Å². The molecule has 1 unspecified atom stereocenters. The molecule has 0 aliphatic rings. The number of carbonyl (C=O) groups excluding carboxylic acids is 1. The lowest BCUT2D eigenvalue weighted by molar-refractivity contribution is -0.174. The van der Waals surface area contributed by atoms with E-state index in [1.165, 1.54) is 25.3 Å². The van der Waals surface area contributed by atoms with Gasteiger partial charge >= 0.3 is 18.1 Å². The molecule has 0 bridgehead atoms. The van der Waals surface area contributed by atoms with Gasteiger partial charge in [0.1, 0.15) is 5.75 Å². The van der Waals surface area contributed by atoms with E-state index in [-0.39, 0.29) is 11.3 Å². The Morgan fingerprint density at radius 2 is 1.95 bits per heavy atom. The number of para-hydroxylation sites is 1. The Balaban J connectivity index is 3.06. The summed E-state index contributed by atoms with van der Waals surface area (Å²) in [5.41, 5.74) is 0.162. The summed E-state index contributed by atoms with van der Waals surface area (Å²) in [5.74, 6) is -3.35. The van der Waals surface area contributed by atoms with Crippen molar-refractivity contribution < 1.29 is 32.6 Å². The van der Waals surface area contributed by atoms with Gasteiger partial charge in [-0.3, -0.25) is 9.59 Å². The third kappa shape index (κ3) is 4.15. The largest absolute Gasteiger partial charge is 0.496 e. The van der Waals surface area contributed by atoms with E-state index in [0.29, 0.717) is 0 Å². The second-order valence-electron chi connectivity index (χ2n) is 3.86. The number of amides is 1. The SMILES string of the molecule is COc1ccccc1C(CC(=O)O)NC(=O)C(F)(F)F. The number of hydrogen-bond donors (Lipinski definition) is 2. The van der Waals surface area contributed by atoms with Crippen LogP contribution in [0.15, 0.2) is 24.3 Å². The Morgan fingerprint density at radius 3 is 2.45 bits per heavy atom. The average molecular weight is 291 g/mol. The first kappa shape index (κ1) is 15.8. The Morgan fingerprint density at radius 1 is 1.35 bits per heavy atom. The second kappa shape index (κ2) is 6.27. The van der Waals surface area contributed by atoms with Gasteiger partial charge in [0, 0.05) is 5.56 Å². The molecular weight excluding hydrogens is 279 g/mol. The Bertz CT molecular complexity index is 502. The highest BCUT2D eigenvalue weighted by Crippen LogP contribution is 2.28. The molecule has 0 saturated heterocycles. The number of halogens is 3. The lowest BCUT2D eigenvalue weighted by atomic mass is 10.0. The number of hydrogen-bond acceptors (Lipinski definition) is 3. The number of methoxy groups -OCH3 is 1. The van der Waals surface area contributed by atoms with E-state index in [1.54, 1.807) is 11.4 Å². The van der Waals surface area contributed by atoms with Crippen molar-refractivity contribution in [2.24, 2.45) is 0 Å². The summed E-state index contributed by atoms with van der Waals surface area (Å²) >= 11 is 0. The molecule has 20 heavy (non-hydrogen) atoms. The third-order valence-electron chi connectivity index (χ3n) is 2.46. The summed E-state index contributed by atoms with van der Waals surface area (Å²) in [6, 6.07) is 4.60. The maximum atomic E-state index is 12.3. The van der Waals surface area contributed by atoms with Gasteiger partial charge < -0.3 is 15.2 Å². The minimum atomic E-state index is -5.08. The van der Waals surface area contributed by atoms with Crippen LogP contribution in [-0.2, 0) is 9.59 Å². The number of nitrogens with one attached hydrogen (secondary N) is 1. The van der Waals surface area contributed by atoms with Gasteiger partial charge in [-0.25, -0.2) is 0 Å². The van der Waals surface area contributed by atoms with E-state index in [2.05, 4.69) is 0 Å². The van der Waals surface area contributed by atoms with E-state index in [9.17, 15) is 22.8 Å². The Kier molecular flexibility index (Phi) is 4.95. The van der Waals surface area contributed by atoms with Crippen molar-refractivity contribution in [2.75, 3.05) is 7.11 Å². The molecule has 1 rings (SSSR count). The second-order valence-corrected chi connectivity index (χ2v) is 3.86. The van der Waals surface area contributed by atoms with Gasteiger partial charge in [0.2, 0.25) is 0 Å². The van der Waals surface area contributed by atoms with Gasteiger partial charge in [0.25, 0.3) is 0 Å². The highest BCUT2D eigenvalue weighted by Gasteiger charge is 2.40. The van der Waals surface area contributed by atoms with Crippen molar-refractivity contribution in [3.05, 3.63) is 29.8 Å². The quantitative estimate of drug-likeness (QED) is 0.868. The number of carbonyl (C=O) groups is 2. The topological polar surface area (TPSA) is 75.6 Å². The number of ether oxygens (including phenoxy) is 1. The van der Waals surface area contributed by atoms with Gasteiger partial charge in [-0.2, -0.15) is 13.2 Å². The predicted octanol–water partition coefficient (Wildman–Crippen LogP) is 1.89. The van der Waals surface area contributed by atoms with E-state index < -0.39 is 30.5 Å². The molecule has 2 N–H and O–H groups in total. The summed E-state index contributed by atoms with van der Waals surface area (Å²) in [4.78, 5) is 21.7. The molecule has 1 aromatic rings. The minimum absolute atomic E-state index is 0.162. The van der Waals surface area contributed by atoms with Crippen LogP contribution in [0.5, 0.6) is 5.75 Å². The maximum Gasteiger partial charge on any atom is 0.471 e. The Labute approximate surface area is 112 Å². The van der Waals surface area contributed by atoms with Crippen molar-refractivity contribution in [3.63, 3.8) is 0 Å². The standard InChI is InChI=1S/C12H12F3NO4/c1-20-9-5-3-2-4-7(9)8(6-10(17)18)16-11(19)12(13,14)15/h2-5,8H,6H2,1H3,(H,16,19)(H,17,18). The molecule has 8 heteroatoms. The zero-order valence-electron chi connectivity index (χ0n) is 10.4. The van der Waals surface area contributed by atoms with Gasteiger partial charge in [-0.15, -0.1) is 0 Å². The van der Waals surface area contributed by atoms with Crippen molar-refractivity contribution in [1.82, 2.24) is 5.32 Å². The molecule has 0 radical (unpaired) electrons. The van der Waals surface area contributed by atoms with Crippen molar-refractivity contribution in [2.45, 2.75) is 18.6 Å². The fourth-order valence-corrected chi connectivity index (χ4v) is 1.61. The number of aliphatic carboxylic acids is 1. The molecule has 1 amide bonds. The van der Waals surface area contributed by atoms with Gasteiger partial charge in [-0.1, -0.05) is 18.2 Å². The van der Waals surface area contributed by atoms with Gasteiger partial charge in [-0.05, 0) is 6.07 Å². The van der Waals surface area contributed by atoms with Crippen LogP contribution in [0.1, 0.15) is 18.0 Å². The average Bonchev–Trinajstić information content (AvgIpc) is 2.36. The molecule has 0 fully saturated rings. The van der Waals surface area contributed by atoms with Crippen molar-refractivity contribution in [1.29, 1.82) is 0 Å². The van der Waals surface area contributed by atoms with Crippen LogP contribution in [0.2, 0.25) is 0 Å². The highest BCUT2D eigenvalue weighted by molar-refractivity contribution is 5.83. The molecule has 110 valence electrons. The molecule has 0 aromatic heterocycles. The highest BCUT2D eigenvalue weighted by atomic mass is 19.4. The van der Waals surface area contributed by atoms with E-state index in [0.717, 1.165) is 0 Å². The van der Waals surface area contributed by atoms with E-state index in [1.807, 2.05) is 0 Å². The summed E-state index contributed by atoms with van der Waals surface area (Å²) in [6.07, 6.45) is -5.78. The first-order valence-electron chi connectivity index (χ1n) is 5.48. The molecular formula is C12H12F3NO4. The van der Waals surface area contributed by atoms with Crippen LogP contribution in [0.25, 0.3) is 0 Å². The summed E-state index contributed by atoms with van der Waals surface area (Å²) in [5, 5.41) is 10.4. The van der Waals surface area contributed by atoms with Crippen molar-refractivity contribution >= 4 is 11.9 Å². The van der Waals surface area contributed by atoms with Crippen LogP contribution in [0.3, 0.4) is 0 Å². The monoisotopic (exact) mass is 291 g/mol. The molecule has 0 aliphatic carbocycles. The molecule has 0 saturated carbocycles. The minimum Gasteiger partial charge on any atom is -0.496 e. The fourth-order valence-electron chi connectivity index (χ4n) is 1.61. The maximum absolute atomic E-state index is 12.3. The smallest absolute Gasteiger partial charge is 0.471 e. The zero-order chi connectivity index (χ0) is 15.3. The third-order valence-corrected chi connectivity index (χ3v) is 2.46. The van der Waals surface area contributed by atoms with Crippen LogP contribution in [0, 0.1) is 0 Å². The summed E-state index contributed by atoms with van der Waals surface area (Å²) < 4.78 is 41.7. The predicted molar refractivity (Wildman–Crippen MR) is 62.2 cm³/mol. The number of rotatable bonds is 5. The lowest BCUT2D eigenvalue weighted by Gasteiger charge is -2.20. The van der Waals surface area contributed by atoms with Crippen molar-refractivity contribution in [3.8, 4) is 5.75 Å². The van der Waals surface area contributed by atoms with Crippen LogP contribution in [-0.4, -0.2) is 30.3 Å². The summed E-state index contributed by atoms with van der Waals surface area (Å²) in [6.45, 7) is 0. The first-order chi connectivity index (χ1) is 9.25. The number of carboxylic acids is 1. The van der Waals surface area contributed by atoms with E-state index in [4.69, 9.17) is 9.84 Å². The molecule has 1 atom stereocenters. The van der Waals surface area contributed by atoms with Crippen LogP contribution >= 0.6 is 0 Å². The fraction of sp³-hybridized carbons (Fsp3) is 0.333. The summed E-state index contributed by atoms with van der Waals surface area (Å²) in [7, 11) is 1.29. The first-order valence-corrected chi connectivity index (χ1v) is 5.48.